The average Bonchev–Trinajstić information content (AvgIpc) is 2.93. The van der Waals surface area contributed by atoms with Crippen LogP contribution >= 0.6 is 0 Å². The van der Waals surface area contributed by atoms with E-state index in [2.05, 4.69) is 38.2 Å². The van der Waals surface area contributed by atoms with Crippen LogP contribution in [0.1, 0.15) is 194 Å². The molecular weight excluding hydrogens is 496 g/mol. The second-order valence-corrected chi connectivity index (χ2v) is 11.5. The predicted molar refractivity (Wildman–Crippen MR) is 174 cm³/mol. The third kappa shape index (κ3) is 43.5. The van der Waals surface area contributed by atoms with Crippen molar-refractivity contribution in [2.24, 2.45) is 0 Å². The molecule has 0 radical (unpaired) electrons. The fraction of sp³-hybridized carbons (Fsp3) is 0.833. The highest BCUT2D eigenvalue weighted by molar-refractivity contribution is 5.66. The Kier molecular flexibility index (Phi) is 37.9. The molecule has 0 rings (SSSR count). The largest absolute Gasteiger partial charge is 0.481 e. The number of hydrogen-bond acceptors (Lipinski definition) is 2. The molecule has 2 N–H and O–H groups in total. The topological polar surface area (TPSA) is 74.6 Å². The van der Waals surface area contributed by atoms with Crippen molar-refractivity contribution < 1.29 is 19.8 Å². The maximum absolute atomic E-state index is 10.3. The van der Waals surface area contributed by atoms with Crippen LogP contribution in [0.4, 0.5) is 0 Å². The molecule has 0 heterocycles. The molecule has 4 nitrogen and oxygen atoms in total. The van der Waals surface area contributed by atoms with Crippen LogP contribution in [0.25, 0.3) is 0 Å². The van der Waals surface area contributed by atoms with Gasteiger partial charge in [0.1, 0.15) is 0 Å². The quantitative estimate of drug-likeness (QED) is 0.0672. The van der Waals surface area contributed by atoms with Gasteiger partial charge in [0.05, 0.1) is 0 Å². The molecule has 0 aromatic rings. The summed E-state index contributed by atoms with van der Waals surface area (Å²) in [5.74, 6) is -1.34. The molecule has 0 aliphatic carbocycles. The fourth-order valence-corrected chi connectivity index (χ4v) is 4.69. The summed E-state index contributed by atoms with van der Waals surface area (Å²) < 4.78 is 0. The molecule has 0 unspecified atom stereocenters. The number of rotatable bonds is 30. The van der Waals surface area contributed by atoms with Gasteiger partial charge in [0.2, 0.25) is 0 Å². The lowest BCUT2D eigenvalue weighted by molar-refractivity contribution is -0.138. The van der Waals surface area contributed by atoms with Crippen molar-refractivity contribution in [3.05, 3.63) is 24.3 Å². The summed E-state index contributed by atoms with van der Waals surface area (Å²) in [5, 5.41) is 17.0. The number of aliphatic carboxylic acids is 2. The minimum Gasteiger partial charge on any atom is -0.481 e. The van der Waals surface area contributed by atoms with Crippen molar-refractivity contribution in [2.45, 2.75) is 194 Å². The first-order valence-corrected chi connectivity index (χ1v) is 17.3. The third-order valence-electron chi connectivity index (χ3n) is 7.30. The maximum Gasteiger partial charge on any atom is 0.303 e. The molecule has 0 saturated heterocycles. The lowest BCUT2D eigenvalue weighted by Gasteiger charge is -2.00. The molecule has 0 aliphatic rings. The summed E-state index contributed by atoms with van der Waals surface area (Å²) in [6, 6.07) is 0. The van der Waals surface area contributed by atoms with Crippen molar-refractivity contribution in [2.75, 3.05) is 0 Å². The van der Waals surface area contributed by atoms with E-state index in [1.807, 2.05) is 0 Å². The highest BCUT2D eigenvalue weighted by atomic mass is 16.4. The number of allylic oxidation sites excluding steroid dienone is 4. The molecule has 0 amide bonds. The van der Waals surface area contributed by atoms with Gasteiger partial charge in [0.15, 0.2) is 0 Å². The van der Waals surface area contributed by atoms with Gasteiger partial charge in [-0.25, -0.2) is 0 Å². The summed E-state index contributed by atoms with van der Waals surface area (Å²) >= 11 is 0. The standard InChI is InChI=1S/2C18H34O2/c2*1-2-3-4-5-6-7-8-9-10-11-12-13-14-15-16-17-18(19)20/h12-13H,2-11,14-17H2,1H3,(H,19,20);9-10H,2-8,11-17H2,1H3,(H,19,20)/b13-12-;10-9-. The van der Waals surface area contributed by atoms with E-state index in [1.54, 1.807) is 0 Å². The minimum atomic E-state index is -0.677. The molecule has 0 atom stereocenters. The van der Waals surface area contributed by atoms with Gasteiger partial charge >= 0.3 is 11.9 Å². The summed E-state index contributed by atoms with van der Waals surface area (Å²) in [5.41, 5.74) is 0. The Hall–Kier alpha value is -1.58. The Balaban J connectivity index is 0. The summed E-state index contributed by atoms with van der Waals surface area (Å²) in [4.78, 5) is 20.6. The Labute approximate surface area is 249 Å². The molecular formula is C36H68O4. The first-order valence-electron chi connectivity index (χ1n) is 17.3. The van der Waals surface area contributed by atoms with Gasteiger partial charge in [-0.1, -0.05) is 141 Å². The van der Waals surface area contributed by atoms with Gasteiger partial charge in [-0.3, -0.25) is 9.59 Å². The van der Waals surface area contributed by atoms with Crippen LogP contribution in [0.2, 0.25) is 0 Å². The lowest BCUT2D eigenvalue weighted by atomic mass is 10.1. The molecule has 40 heavy (non-hydrogen) atoms. The first kappa shape index (κ1) is 40.6. The van der Waals surface area contributed by atoms with E-state index < -0.39 is 11.9 Å². The normalized spacial score (nSPS) is 11.2. The number of carbonyl (C=O) groups is 2. The molecule has 0 bridgehead atoms. The average molecular weight is 565 g/mol. The van der Waals surface area contributed by atoms with E-state index in [0.29, 0.717) is 12.8 Å². The van der Waals surface area contributed by atoms with Crippen molar-refractivity contribution in [3.8, 4) is 0 Å². The van der Waals surface area contributed by atoms with E-state index in [-0.39, 0.29) is 0 Å². The van der Waals surface area contributed by atoms with Crippen LogP contribution in [-0.4, -0.2) is 22.2 Å². The minimum absolute atomic E-state index is 0.312. The van der Waals surface area contributed by atoms with Gasteiger partial charge < -0.3 is 10.2 Å². The van der Waals surface area contributed by atoms with Crippen LogP contribution in [0.15, 0.2) is 24.3 Å². The van der Waals surface area contributed by atoms with E-state index in [0.717, 1.165) is 32.1 Å². The number of hydrogen-bond donors (Lipinski definition) is 2. The van der Waals surface area contributed by atoms with Crippen molar-refractivity contribution in [3.63, 3.8) is 0 Å². The molecule has 0 aliphatic heterocycles. The van der Waals surface area contributed by atoms with E-state index in [4.69, 9.17) is 10.2 Å². The SMILES string of the molecule is CCCCCCCC/C=C\CCCCCCCC(=O)O.CCCCCCCCCCC/C=C\CCCCC(=O)O. The van der Waals surface area contributed by atoms with Gasteiger partial charge in [-0.2, -0.15) is 0 Å². The van der Waals surface area contributed by atoms with Crippen molar-refractivity contribution >= 4 is 11.9 Å². The maximum atomic E-state index is 10.3. The predicted octanol–water partition coefficient (Wildman–Crippen LogP) is 12.2. The summed E-state index contributed by atoms with van der Waals surface area (Å²) in [7, 11) is 0. The second-order valence-electron chi connectivity index (χ2n) is 11.5. The highest BCUT2D eigenvalue weighted by Crippen LogP contribution is 2.12. The van der Waals surface area contributed by atoms with Gasteiger partial charge in [-0.05, 0) is 64.2 Å². The third-order valence-corrected chi connectivity index (χ3v) is 7.30. The van der Waals surface area contributed by atoms with E-state index in [9.17, 15) is 9.59 Å². The summed E-state index contributed by atoms with van der Waals surface area (Å²) in [6.45, 7) is 4.52. The molecule has 0 aromatic heterocycles. The zero-order valence-corrected chi connectivity index (χ0v) is 26.8. The molecule has 0 aromatic carbocycles. The number of carboxylic acids is 2. The van der Waals surface area contributed by atoms with Crippen LogP contribution in [0.5, 0.6) is 0 Å². The van der Waals surface area contributed by atoms with Crippen LogP contribution < -0.4 is 0 Å². The molecule has 0 spiro atoms. The van der Waals surface area contributed by atoms with Crippen molar-refractivity contribution in [1.29, 1.82) is 0 Å². The van der Waals surface area contributed by atoms with Gasteiger partial charge in [-0.15, -0.1) is 0 Å². The Morgan fingerprint density at radius 2 is 0.600 bits per heavy atom. The monoisotopic (exact) mass is 565 g/mol. The van der Waals surface area contributed by atoms with E-state index in [1.165, 1.54) is 135 Å². The van der Waals surface area contributed by atoms with Crippen molar-refractivity contribution in [1.82, 2.24) is 0 Å². The Morgan fingerprint density at radius 1 is 0.375 bits per heavy atom. The van der Waals surface area contributed by atoms with Crippen LogP contribution in [0, 0.1) is 0 Å². The van der Waals surface area contributed by atoms with Gasteiger partial charge in [0.25, 0.3) is 0 Å². The first-order chi connectivity index (χ1) is 19.5. The smallest absolute Gasteiger partial charge is 0.303 e. The molecule has 4 heteroatoms. The Morgan fingerprint density at radius 3 is 0.900 bits per heavy atom. The molecule has 0 saturated carbocycles. The highest BCUT2D eigenvalue weighted by Gasteiger charge is 1.96. The molecule has 236 valence electrons. The van der Waals surface area contributed by atoms with Crippen LogP contribution in [-0.2, 0) is 9.59 Å². The van der Waals surface area contributed by atoms with Crippen LogP contribution in [0.3, 0.4) is 0 Å². The molecule has 0 fully saturated rings. The lowest BCUT2D eigenvalue weighted by Crippen LogP contribution is -1.93. The zero-order chi connectivity index (χ0) is 29.8. The van der Waals surface area contributed by atoms with E-state index >= 15 is 0 Å². The zero-order valence-electron chi connectivity index (χ0n) is 26.8. The number of unbranched alkanes of at least 4 members (excludes halogenated alkanes) is 22. The Bertz CT molecular complexity index is 567. The second kappa shape index (κ2) is 37.4. The fourth-order valence-electron chi connectivity index (χ4n) is 4.69. The summed E-state index contributed by atoms with van der Waals surface area (Å²) in [6.07, 6.45) is 42.5. The number of carboxylic acid groups (broad SMARTS) is 2. The van der Waals surface area contributed by atoms with Gasteiger partial charge in [0, 0.05) is 12.8 Å².